The van der Waals surface area contributed by atoms with E-state index in [1.165, 1.54) is 6.07 Å². The third-order valence-electron chi connectivity index (χ3n) is 1.86. The van der Waals surface area contributed by atoms with Gasteiger partial charge < -0.3 is 10.8 Å². The molecule has 1 aromatic rings. The van der Waals surface area contributed by atoms with E-state index >= 15 is 0 Å². The predicted molar refractivity (Wildman–Crippen MR) is 46.1 cm³/mol. The average molecular weight is 169 g/mol. The lowest BCUT2D eigenvalue weighted by Crippen LogP contribution is -1.98. The number of halogens is 1. The second kappa shape index (κ2) is 3.54. The molecule has 1 rings (SSSR count). The van der Waals surface area contributed by atoms with Gasteiger partial charge in [0, 0.05) is 11.3 Å². The molecule has 0 saturated heterocycles. The topological polar surface area (TPSA) is 46.2 Å². The molecule has 0 aromatic heterocycles. The molecule has 0 aliphatic heterocycles. The van der Waals surface area contributed by atoms with Gasteiger partial charge in [-0.3, -0.25) is 0 Å². The minimum absolute atomic E-state index is 0.140. The van der Waals surface area contributed by atoms with Crippen molar-refractivity contribution in [2.75, 3.05) is 5.73 Å². The maximum absolute atomic E-state index is 13.0. The first-order chi connectivity index (χ1) is 5.69. The number of aliphatic hydroxyl groups excluding tert-OH is 1. The van der Waals surface area contributed by atoms with Crippen molar-refractivity contribution in [3.8, 4) is 0 Å². The number of hydrogen-bond acceptors (Lipinski definition) is 2. The molecular formula is C9H12FNO. The van der Waals surface area contributed by atoms with Crippen LogP contribution in [0.1, 0.15) is 18.1 Å². The van der Waals surface area contributed by atoms with Crippen LogP contribution in [0.5, 0.6) is 0 Å². The van der Waals surface area contributed by atoms with Crippen LogP contribution < -0.4 is 5.73 Å². The monoisotopic (exact) mass is 169 g/mol. The van der Waals surface area contributed by atoms with E-state index in [9.17, 15) is 4.39 Å². The lowest BCUT2D eigenvalue weighted by atomic mass is 10.1. The van der Waals surface area contributed by atoms with Crippen molar-refractivity contribution in [1.82, 2.24) is 0 Å². The SMILES string of the molecule is CCc1cc(CO)c(N)cc1F. The van der Waals surface area contributed by atoms with Crippen molar-refractivity contribution in [3.05, 3.63) is 29.1 Å². The molecule has 0 amide bonds. The Labute approximate surface area is 70.8 Å². The molecule has 1 aromatic carbocycles. The zero-order chi connectivity index (χ0) is 9.14. The predicted octanol–water partition coefficient (Wildman–Crippen LogP) is 1.46. The summed E-state index contributed by atoms with van der Waals surface area (Å²) >= 11 is 0. The van der Waals surface area contributed by atoms with Gasteiger partial charge in [-0.1, -0.05) is 6.92 Å². The summed E-state index contributed by atoms with van der Waals surface area (Å²) in [4.78, 5) is 0. The van der Waals surface area contributed by atoms with Crippen LogP contribution >= 0.6 is 0 Å². The molecule has 0 heterocycles. The summed E-state index contributed by atoms with van der Waals surface area (Å²) in [7, 11) is 0. The largest absolute Gasteiger partial charge is 0.398 e. The molecule has 0 unspecified atom stereocenters. The van der Waals surface area contributed by atoms with E-state index in [0.717, 1.165) is 0 Å². The molecule has 12 heavy (non-hydrogen) atoms. The van der Waals surface area contributed by atoms with Gasteiger partial charge in [-0.15, -0.1) is 0 Å². The van der Waals surface area contributed by atoms with Crippen LogP contribution in [0.25, 0.3) is 0 Å². The summed E-state index contributed by atoms with van der Waals surface area (Å²) in [6.07, 6.45) is 0.610. The van der Waals surface area contributed by atoms with E-state index in [1.54, 1.807) is 6.07 Å². The van der Waals surface area contributed by atoms with Crippen LogP contribution in [0, 0.1) is 5.82 Å². The third-order valence-corrected chi connectivity index (χ3v) is 1.86. The van der Waals surface area contributed by atoms with E-state index in [1.807, 2.05) is 6.92 Å². The van der Waals surface area contributed by atoms with Crippen LogP contribution in [-0.2, 0) is 13.0 Å². The highest BCUT2D eigenvalue weighted by atomic mass is 19.1. The number of hydrogen-bond donors (Lipinski definition) is 2. The van der Waals surface area contributed by atoms with Gasteiger partial charge >= 0.3 is 0 Å². The second-order valence-corrected chi connectivity index (χ2v) is 2.65. The Morgan fingerprint density at radius 3 is 2.58 bits per heavy atom. The number of aryl methyl sites for hydroxylation is 1. The number of nitrogens with two attached hydrogens (primary N) is 1. The number of benzene rings is 1. The summed E-state index contributed by atoms with van der Waals surface area (Å²) < 4.78 is 13.0. The molecule has 0 bridgehead atoms. The fourth-order valence-electron chi connectivity index (χ4n) is 1.09. The molecule has 0 aliphatic carbocycles. The summed E-state index contributed by atoms with van der Waals surface area (Å²) in [6.45, 7) is 1.72. The fraction of sp³-hybridized carbons (Fsp3) is 0.333. The standard InChI is InChI=1S/C9H12FNO/c1-2-6-3-7(5-12)9(11)4-8(6)10/h3-4,12H,2,5,11H2,1H3. The summed E-state index contributed by atoms with van der Waals surface area (Å²) in [5.74, 6) is -0.299. The molecule has 0 fully saturated rings. The van der Waals surface area contributed by atoms with Gasteiger partial charge in [0.2, 0.25) is 0 Å². The normalized spacial score (nSPS) is 10.2. The van der Waals surface area contributed by atoms with Gasteiger partial charge in [-0.2, -0.15) is 0 Å². The van der Waals surface area contributed by atoms with Crippen molar-refractivity contribution in [1.29, 1.82) is 0 Å². The zero-order valence-electron chi connectivity index (χ0n) is 6.97. The smallest absolute Gasteiger partial charge is 0.128 e. The summed E-state index contributed by atoms with van der Waals surface area (Å²) in [5.41, 5.74) is 6.95. The van der Waals surface area contributed by atoms with Crippen molar-refractivity contribution < 1.29 is 9.50 Å². The molecule has 0 saturated carbocycles. The average Bonchev–Trinajstić information content (AvgIpc) is 2.05. The highest BCUT2D eigenvalue weighted by Crippen LogP contribution is 2.18. The first kappa shape index (κ1) is 9.00. The minimum atomic E-state index is -0.299. The Kier molecular flexibility index (Phi) is 2.65. The zero-order valence-corrected chi connectivity index (χ0v) is 6.97. The molecule has 0 aliphatic rings. The van der Waals surface area contributed by atoms with Crippen molar-refractivity contribution >= 4 is 5.69 Å². The van der Waals surface area contributed by atoms with E-state index in [4.69, 9.17) is 10.8 Å². The molecule has 2 nitrogen and oxygen atoms in total. The number of rotatable bonds is 2. The van der Waals surface area contributed by atoms with Crippen LogP contribution in [0.3, 0.4) is 0 Å². The van der Waals surface area contributed by atoms with Gasteiger partial charge in [0.1, 0.15) is 5.82 Å². The maximum Gasteiger partial charge on any atom is 0.128 e. The first-order valence-electron chi connectivity index (χ1n) is 3.86. The summed E-state index contributed by atoms with van der Waals surface area (Å²) in [5, 5.41) is 8.83. The van der Waals surface area contributed by atoms with E-state index in [2.05, 4.69) is 0 Å². The van der Waals surface area contributed by atoms with Crippen LogP contribution in [-0.4, -0.2) is 5.11 Å². The lowest BCUT2D eigenvalue weighted by molar-refractivity contribution is 0.282. The lowest BCUT2D eigenvalue weighted by Gasteiger charge is -2.05. The van der Waals surface area contributed by atoms with Crippen LogP contribution in [0.2, 0.25) is 0 Å². The van der Waals surface area contributed by atoms with Crippen molar-refractivity contribution in [3.63, 3.8) is 0 Å². The highest BCUT2D eigenvalue weighted by Gasteiger charge is 2.04. The van der Waals surface area contributed by atoms with Gasteiger partial charge in [0.25, 0.3) is 0 Å². The van der Waals surface area contributed by atoms with Crippen LogP contribution in [0.4, 0.5) is 10.1 Å². The Morgan fingerprint density at radius 2 is 2.08 bits per heavy atom. The summed E-state index contributed by atoms with van der Waals surface area (Å²) in [6, 6.07) is 2.86. The highest BCUT2D eigenvalue weighted by molar-refractivity contribution is 5.48. The maximum atomic E-state index is 13.0. The Hall–Kier alpha value is -1.09. The minimum Gasteiger partial charge on any atom is -0.398 e. The van der Waals surface area contributed by atoms with Crippen molar-refractivity contribution in [2.24, 2.45) is 0 Å². The molecule has 0 radical (unpaired) electrons. The number of nitrogen functional groups attached to an aromatic ring is 1. The van der Waals surface area contributed by atoms with Crippen molar-refractivity contribution in [2.45, 2.75) is 20.0 Å². The van der Waals surface area contributed by atoms with Gasteiger partial charge in [0.15, 0.2) is 0 Å². The molecular weight excluding hydrogens is 157 g/mol. The quantitative estimate of drug-likeness (QED) is 0.658. The molecule has 66 valence electrons. The Balaban J connectivity index is 3.18. The van der Waals surface area contributed by atoms with E-state index in [0.29, 0.717) is 23.2 Å². The van der Waals surface area contributed by atoms with E-state index in [-0.39, 0.29) is 12.4 Å². The van der Waals surface area contributed by atoms with E-state index < -0.39 is 0 Å². The van der Waals surface area contributed by atoms with Gasteiger partial charge in [-0.05, 0) is 24.1 Å². The first-order valence-corrected chi connectivity index (χ1v) is 3.86. The van der Waals surface area contributed by atoms with Gasteiger partial charge in [0.05, 0.1) is 6.61 Å². The third kappa shape index (κ3) is 1.56. The number of aliphatic hydroxyl groups is 1. The number of anilines is 1. The molecule has 3 heteroatoms. The molecule has 0 spiro atoms. The fourth-order valence-corrected chi connectivity index (χ4v) is 1.09. The molecule has 3 N–H and O–H groups in total. The Bertz CT molecular complexity index is 261. The van der Waals surface area contributed by atoms with Gasteiger partial charge in [-0.25, -0.2) is 4.39 Å². The Morgan fingerprint density at radius 1 is 1.42 bits per heavy atom. The molecule has 0 atom stereocenters. The van der Waals surface area contributed by atoms with Crippen LogP contribution in [0.15, 0.2) is 12.1 Å². The second-order valence-electron chi connectivity index (χ2n) is 2.65.